The second-order valence-corrected chi connectivity index (χ2v) is 6.98. The van der Waals surface area contributed by atoms with Crippen LogP contribution < -0.4 is 0 Å². The SMILES string of the molecule is CC[C@@H]1CN2C=NC(N3CCN(C(=O)Cc4ccccc4)CC3)=CC2=N1. The largest absolute Gasteiger partial charge is 0.353 e. The molecule has 3 aliphatic rings. The van der Waals surface area contributed by atoms with E-state index in [0.717, 1.165) is 56.4 Å². The fourth-order valence-electron chi connectivity index (χ4n) is 3.59. The van der Waals surface area contributed by atoms with E-state index in [2.05, 4.69) is 27.8 Å². The third-order valence-corrected chi connectivity index (χ3v) is 5.23. The Labute approximate surface area is 154 Å². The van der Waals surface area contributed by atoms with Gasteiger partial charge in [-0.25, -0.2) is 4.99 Å². The molecule has 0 radical (unpaired) electrons. The van der Waals surface area contributed by atoms with Gasteiger partial charge in [0.1, 0.15) is 11.7 Å². The maximum absolute atomic E-state index is 12.5. The molecule has 0 aromatic heterocycles. The van der Waals surface area contributed by atoms with Crippen molar-refractivity contribution in [2.75, 3.05) is 32.7 Å². The first-order chi connectivity index (χ1) is 12.7. The molecule has 6 nitrogen and oxygen atoms in total. The smallest absolute Gasteiger partial charge is 0.227 e. The molecule has 0 spiro atoms. The molecule has 1 aromatic rings. The molecular weight excluding hydrogens is 326 g/mol. The lowest BCUT2D eigenvalue weighted by Gasteiger charge is -2.37. The molecule has 26 heavy (non-hydrogen) atoms. The van der Waals surface area contributed by atoms with Crippen LogP contribution in [0, 0.1) is 0 Å². The Kier molecular flexibility index (Phi) is 4.73. The summed E-state index contributed by atoms with van der Waals surface area (Å²) in [6, 6.07) is 10.3. The summed E-state index contributed by atoms with van der Waals surface area (Å²) in [4.78, 5) is 28.2. The highest BCUT2D eigenvalue weighted by atomic mass is 16.2. The van der Waals surface area contributed by atoms with Crippen molar-refractivity contribution in [2.24, 2.45) is 9.98 Å². The average molecular weight is 351 g/mol. The number of hydrogen-bond donors (Lipinski definition) is 0. The van der Waals surface area contributed by atoms with Gasteiger partial charge in [-0.05, 0) is 12.0 Å². The monoisotopic (exact) mass is 351 g/mol. The molecule has 0 unspecified atom stereocenters. The third-order valence-electron chi connectivity index (χ3n) is 5.23. The van der Waals surface area contributed by atoms with Crippen molar-refractivity contribution in [3.05, 3.63) is 47.8 Å². The predicted octanol–water partition coefficient (Wildman–Crippen LogP) is 1.75. The van der Waals surface area contributed by atoms with Crippen LogP contribution in [0.4, 0.5) is 0 Å². The molecule has 136 valence electrons. The maximum atomic E-state index is 12.5. The molecular formula is C20H25N5O. The van der Waals surface area contributed by atoms with Crippen LogP contribution in [0.1, 0.15) is 18.9 Å². The average Bonchev–Trinajstić information content (AvgIpc) is 3.11. The van der Waals surface area contributed by atoms with E-state index < -0.39 is 0 Å². The first-order valence-corrected chi connectivity index (χ1v) is 9.40. The van der Waals surface area contributed by atoms with Crippen LogP contribution in [-0.2, 0) is 11.2 Å². The van der Waals surface area contributed by atoms with E-state index in [1.165, 1.54) is 0 Å². The number of nitrogens with zero attached hydrogens (tertiary/aromatic N) is 5. The van der Waals surface area contributed by atoms with Crippen molar-refractivity contribution in [1.29, 1.82) is 0 Å². The molecule has 3 aliphatic heterocycles. The van der Waals surface area contributed by atoms with Crippen LogP contribution in [0.2, 0.25) is 0 Å². The molecule has 6 heteroatoms. The van der Waals surface area contributed by atoms with E-state index in [1.807, 2.05) is 41.6 Å². The van der Waals surface area contributed by atoms with Gasteiger partial charge < -0.3 is 14.7 Å². The lowest BCUT2D eigenvalue weighted by atomic mass is 10.1. The summed E-state index contributed by atoms with van der Waals surface area (Å²) >= 11 is 0. The van der Waals surface area contributed by atoms with Crippen LogP contribution in [0.15, 0.2) is 52.2 Å². The van der Waals surface area contributed by atoms with E-state index in [9.17, 15) is 4.79 Å². The number of benzene rings is 1. The Hall–Kier alpha value is -2.63. The van der Waals surface area contributed by atoms with Gasteiger partial charge in [0.25, 0.3) is 0 Å². The van der Waals surface area contributed by atoms with Gasteiger partial charge in [0.15, 0.2) is 0 Å². The van der Waals surface area contributed by atoms with Crippen LogP contribution >= 0.6 is 0 Å². The zero-order chi connectivity index (χ0) is 17.9. The van der Waals surface area contributed by atoms with Gasteiger partial charge >= 0.3 is 0 Å². The van der Waals surface area contributed by atoms with Crippen LogP contribution in [-0.4, -0.2) is 71.5 Å². The van der Waals surface area contributed by atoms with Gasteiger partial charge in [-0.1, -0.05) is 37.3 Å². The van der Waals surface area contributed by atoms with Gasteiger partial charge in [0.2, 0.25) is 5.91 Å². The molecule has 0 N–H and O–H groups in total. The quantitative estimate of drug-likeness (QED) is 0.830. The van der Waals surface area contributed by atoms with Crippen molar-refractivity contribution in [3.63, 3.8) is 0 Å². The minimum absolute atomic E-state index is 0.203. The first kappa shape index (κ1) is 16.8. The van der Waals surface area contributed by atoms with E-state index in [4.69, 9.17) is 4.99 Å². The van der Waals surface area contributed by atoms with Gasteiger partial charge in [-0.15, -0.1) is 0 Å². The highest BCUT2D eigenvalue weighted by Gasteiger charge is 2.27. The summed E-state index contributed by atoms with van der Waals surface area (Å²) in [5, 5.41) is 0. The fourth-order valence-corrected chi connectivity index (χ4v) is 3.59. The van der Waals surface area contributed by atoms with Crippen LogP contribution in [0.25, 0.3) is 0 Å². The summed E-state index contributed by atoms with van der Waals surface area (Å²) in [7, 11) is 0. The molecule has 4 rings (SSSR count). The molecule has 0 saturated carbocycles. The van der Waals surface area contributed by atoms with Crippen molar-refractivity contribution in [2.45, 2.75) is 25.8 Å². The lowest BCUT2D eigenvalue weighted by molar-refractivity contribution is -0.131. The van der Waals surface area contributed by atoms with Gasteiger partial charge in [0, 0.05) is 38.8 Å². The van der Waals surface area contributed by atoms with E-state index >= 15 is 0 Å². The summed E-state index contributed by atoms with van der Waals surface area (Å²) in [5.74, 6) is 2.19. The number of piperazine rings is 1. The standard InChI is InChI=1S/C20H25N5O/c1-2-17-14-25-15-21-18(13-19(25)22-17)23-8-10-24(11-9-23)20(26)12-16-6-4-3-5-7-16/h3-7,13,15,17H,2,8-12,14H2,1H3/t17-/m1/s1. The number of carbonyl (C=O) groups is 1. The van der Waals surface area contributed by atoms with Crippen LogP contribution in [0.3, 0.4) is 0 Å². The summed E-state index contributed by atoms with van der Waals surface area (Å²) < 4.78 is 0. The molecule has 3 heterocycles. The molecule has 0 bridgehead atoms. The molecule has 1 saturated heterocycles. The van der Waals surface area contributed by atoms with E-state index in [0.29, 0.717) is 12.5 Å². The Bertz CT molecular complexity index is 747. The normalized spacial score (nSPS) is 22.2. The first-order valence-electron chi connectivity index (χ1n) is 9.40. The van der Waals surface area contributed by atoms with Crippen molar-refractivity contribution in [3.8, 4) is 0 Å². The van der Waals surface area contributed by atoms with E-state index in [1.54, 1.807) is 0 Å². The topological polar surface area (TPSA) is 51.5 Å². The third kappa shape index (κ3) is 3.49. The zero-order valence-electron chi connectivity index (χ0n) is 15.2. The lowest BCUT2D eigenvalue weighted by Crippen LogP contribution is -2.49. The second kappa shape index (κ2) is 7.32. The molecule has 1 atom stereocenters. The van der Waals surface area contributed by atoms with Gasteiger partial charge in [0.05, 0.1) is 18.8 Å². The maximum Gasteiger partial charge on any atom is 0.227 e. The number of carbonyl (C=O) groups excluding carboxylic acids is 1. The van der Waals surface area contributed by atoms with E-state index in [-0.39, 0.29) is 5.91 Å². The number of hydrogen-bond acceptors (Lipinski definition) is 5. The Morgan fingerprint density at radius 3 is 2.65 bits per heavy atom. The Morgan fingerprint density at radius 2 is 1.92 bits per heavy atom. The van der Waals surface area contributed by atoms with Crippen molar-refractivity contribution < 1.29 is 4.79 Å². The summed E-state index contributed by atoms with van der Waals surface area (Å²) in [6.07, 6.45) is 5.51. The molecule has 0 aliphatic carbocycles. The number of fused-ring (bicyclic) bond motifs is 1. The number of amidine groups is 1. The van der Waals surface area contributed by atoms with Crippen molar-refractivity contribution >= 4 is 18.1 Å². The fraction of sp³-hybridized carbons (Fsp3) is 0.450. The minimum Gasteiger partial charge on any atom is -0.353 e. The minimum atomic E-state index is 0.203. The Balaban J connectivity index is 1.34. The molecule has 1 amide bonds. The summed E-state index contributed by atoms with van der Waals surface area (Å²) in [6.45, 7) is 6.21. The second-order valence-electron chi connectivity index (χ2n) is 6.98. The summed E-state index contributed by atoms with van der Waals surface area (Å²) in [5.41, 5.74) is 1.07. The number of aliphatic imine (C=N–C) groups is 2. The molecule has 1 fully saturated rings. The number of rotatable bonds is 4. The van der Waals surface area contributed by atoms with Crippen molar-refractivity contribution in [1.82, 2.24) is 14.7 Å². The predicted molar refractivity (Wildman–Crippen MR) is 103 cm³/mol. The van der Waals surface area contributed by atoms with Gasteiger partial charge in [-0.3, -0.25) is 9.79 Å². The Morgan fingerprint density at radius 1 is 1.15 bits per heavy atom. The van der Waals surface area contributed by atoms with Gasteiger partial charge in [-0.2, -0.15) is 0 Å². The number of amides is 1. The van der Waals surface area contributed by atoms with Crippen LogP contribution in [0.5, 0.6) is 0 Å². The highest BCUT2D eigenvalue weighted by Crippen LogP contribution is 2.20. The highest BCUT2D eigenvalue weighted by molar-refractivity contribution is 6.03. The molecule has 1 aromatic carbocycles. The zero-order valence-corrected chi connectivity index (χ0v) is 15.2.